The van der Waals surface area contributed by atoms with Gasteiger partial charge in [0.15, 0.2) is 0 Å². The molecule has 23 heavy (non-hydrogen) atoms. The van der Waals surface area contributed by atoms with Crippen LogP contribution in [0.2, 0.25) is 0 Å². The van der Waals surface area contributed by atoms with E-state index in [0.717, 1.165) is 29.1 Å². The summed E-state index contributed by atoms with van der Waals surface area (Å²) in [5, 5.41) is 12.5. The van der Waals surface area contributed by atoms with E-state index in [2.05, 4.69) is 15.5 Å². The van der Waals surface area contributed by atoms with Crippen LogP contribution in [-0.4, -0.2) is 47.5 Å². The second-order valence-electron chi connectivity index (χ2n) is 5.88. The van der Waals surface area contributed by atoms with Crippen LogP contribution in [0.25, 0.3) is 10.6 Å². The van der Waals surface area contributed by atoms with Gasteiger partial charge in [0.2, 0.25) is 0 Å². The van der Waals surface area contributed by atoms with Crippen molar-refractivity contribution >= 4 is 11.3 Å². The van der Waals surface area contributed by atoms with Crippen LogP contribution in [0.3, 0.4) is 0 Å². The van der Waals surface area contributed by atoms with E-state index >= 15 is 0 Å². The van der Waals surface area contributed by atoms with Crippen molar-refractivity contribution < 1.29 is 13.2 Å². The van der Waals surface area contributed by atoms with Crippen LogP contribution < -0.4 is 5.32 Å². The molecule has 2 aromatic rings. The number of alkyl halides is 3. The van der Waals surface area contributed by atoms with Gasteiger partial charge in [-0.2, -0.15) is 18.3 Å². The quantitative estimate of drug-likeness (QED) is 0.846. The van der Waals surface area contributed by atoms with Crippen LogP contribution in [0.15, 0.2) is 23.7 Å². The lowest BCUT2D eigenvalue weighted by Gasteiger charge is -2.18. The lowest BCUT2D eigenvalue weighted by molar-refractivity contribution is -0.143. The number of nitrogens with one attached hydrogen (secondary N) is 2. The Kier molecular flexibility index (Phi) is 5.03. The van der Waals surface area contributed by atoms with Crippen LogP contribution in [-0.2, 0) is 6.54 Å². The Balaban J connectivity index is 1.45. The molecule has 3 rings (SSSR count). The zero-order chi connectivity index (χ0) is 16.3. The fourth-order valence-corrected chi connectivity index (χ4v) is 3.72. The van der Waals surface area contributed by atoms with Crippen LogP contribution >= 0.6 is 11.3 Å². The molecule has 0 radical (unpaired) electrons. The molecule has 126 valence electrons. The molecule has 2 aromatic heterocycles. The Hall–Kier alpha value is -1.38. The third kappa shape index (κ3) is 4.55. The minimum absolute atomic E-state index is 0.273. The van der Waals surface area contributed by atoms with Crippen LogP contribution in [0, 0.1) is 5.92 Å². The number of hydrogen-bond donors (Lipinski definition) is 2. The summed E-state index contributed by atoms with van der Waals surface area (Å²) in [4.78, 5) is 2.62. The van der Waals surface area contributed by atoms with Gasteiger partial charge in [0.05, 0.1) is 23.3 Å². The van der Waals surface area contributed by atoms with Crippen LogP contribution in [0.5, 0.6) is 0 Å². The number of halogens is 3. The summed E-state index contributed by atoms with van der Waals surface area (Å²) in [6.07, 6.45) is -1.49. The molecule has 1 aliphatic rings. The molecule has 3 heterocycles. The van der Waals surface area contributed by atoms with Gasteiger partial charge in [-0.05, 0) is 36.9 Å². The molecule has 1 aliphatic heterocycles. The van der Waals surface area contributed by atoms with Gasteiger partial charge < -0.3 is 5.32 Å². The topological polar surface area (TPSA) is 44.0 Å². The summed E-state index contributed by atoms with van der Waals surface area (Å²) in [5.41, 5.74) is 2.09. The Morgan fingerprint density at radius 1 is 1.43 bits per heavy atom. The van der Waals surface area contributed by atoms with Crippen molar-refractivity contribution in [2.24, 2.45) is 5.92 Å². The van der Waals surface area contributed by atoms with Crippen molar-refractivity contribution in [2.45, 2.75) is 19.1 Å². The maximum absolute atomic E-state index is 12.4. The molecule has 0 unspecified atom stereocenters. The van der Waals surface area contributed by atoms with Gasteiger partial charge in [-0.1, -0.05) is 6.07 Å². The van der Waals surface area contributed by atoms with Crippen molar-refractivity contribution in [1.82, 2.24) is 20.4 Å². The van der Waals surface area contributed by atoms with Gasteiger partial charge in [-0.25, -0.2) is 0 Å². The zero-order valence-electron chi connectivity index (χ0n) is 12.6. The summed E-state index contributed by atoms with van der Waals surface area (Å²) < 4.78 is 37.2. The highest BCUT2D eigenvalue weighted by Crippen LogP contribution is 2.26. The maximum Gasteiger partial charge on any atom is 0.401 e. The Morgan fingerprint density at radius 2 is 2.30 bits per heavy atom. The van der Waals surface area contributed by atoms with Crippen molar-refractivity contribution in [3.05, 3.63) is 29.3 Å². The molecule has 2 N–H and O–H groups in total. The Morgan fingerprint density at radius 3 is 3.04 bits per heavy atom. The summed E-state index contributed by atoms with van der Waals surface area (Å²) in [6.45, 7) is 1.63. The summed E-state index contributed by atoms with van der Waals surface area (Å²) in [7, 11) is 0. The molecular weight excluding hydrogens is 325 g/mol. The normalized spacial score (nSPS) is 19.5. The van der Waals surface area contributed by atoms with Crippen molar-refractivity contribution in [1.29, 1.82) is 0 Å². The lowest BCUT2D eigenvalue weighted by atomic mass is 10.1. The smallest absolute Gasteiger partial charge is 0.312 e. The summed E-state index contributed by atoms with van der Waals surface area (Å²) >= 11 is 1.65. The highest BCUT2D eigenvalue weighted by Gasteiger charge is 2.34. The number of likely N-dealkylation sites (tertiary alicyclic amines) is 1. The number of rotatable bonds is 6. The average molecular weight is 344 g/mol. The van der Waals surface area contributed by atoms with Crippen molar-refractivity contribution in [3.8, 4) is 10.6 Å². The molecule has 4 nitrogen and oxygen atoms in total. The minimum Gasteiger partial charge on any atom is -0.312 e. The molecule has 0 saturated carbocycles. The zero-order valence-corrected chi connectivity index (χ0v) is 13.4. The molecular formula is C15H19F3N4S. The Bertz CT molecular complexity index is 609. The number of nitrogens with zero attached hydrogens (tertiary/aromatic N) is 2. The SMILES string of the molecule is FC(F)(F)CN1CC[C@@H](CNCc2cn[nH]c2-c2cccs2)C1. The second kappa shape index (κ2) is 7.02. The minimum atomic E-state index is -4.10. The number of H-pyrrole nitrogens is 1. The predicted octanol–water partition coefficient (Wildman–Crippen LogP) is 3.11. The Labute approximate surface area is 136 Å². The van der Waals surface area contributed by atoms with E-state index in [-0.39, 0.29) is 5.92 Å². The van der Waals surface area contributed by atoms with Gasteiger partial charge >= 0.3 is 6.18 Å². The molecule has 0 aromatic carbocycles. The summed E-state index contributed by atoms with van der Waals surface area (Å²) in [6, 6.07) is 4.03. The standard InChI is InChI=1S/C15H19F3N4S/c16-15(17,18)10-22-4-3-11(9-22)6-19-7-12-8-20-21-14(12)13-2-1-5-23-13/h1-2,5,8,11,19H,3-4,6-7,9-10H2,(H,20,21)/t11-/m0/s1. The highest BCUT2D eigenvalue weighted by molar-refractivity contribution is 7.13. The van der Waals surface area contributed by atoms with E-state index in [1.807, 2.05) is 17.5 Å². The van der Waals surface area contributed by atoms with Crippen LogP contribution in [0.1, 0.15) is 12.0 Å². The largest absolute Gasteiger partial charge is 0.401 e. The number of hydrogen-bond acceptors (Lipinski definition) is 4. The average Bonchev–Trinajstić information content (AvgIpc) is 3.17. The van der Waals surface area contributed by atoms with E-state index in [4.69, 9.17) is 0 Å². The molecule has 0 spiro atoms. The third-order valence-corrected chi connectivity index (χ3v) is 4.89. The number of thiophene rings is 1. The van der Waals surface area contributed by atoms with E-state index in [1.165, 1.54) is 4.90 Å². The van der Waals surface area contributed by atoms with Crippen LogP contribution in [0.4, 0.5) is 13.2 Å². The number of aromatic amines is 1. The molecule has 1 saturated heterocycles. The van der Waals surface area contributed by atoms with E-state index in [1.54, 1.807) is 17.5 Å². The fourth-order valence-electron chi connectivity index (χ4n) is 2.97. The van der Waals surface area contributed by atoms with Crippen molar-refractivity contribution in [2.75, 3.05) is 26.2 Å². The van der Waals surface area contributed by atoms with Crippen molar-refractivity contribution in [3.63, 3.8) is 0 Å². The summed E-state index contributed by atoms with van der Waals surface area (Å²) in [5.74, 6) is 0.273. The third-order valence-electron chi connectivity index (χ3n) is 4.01. The molecule has 0 aliphatic carbocycles. The molecule has 1 fully saturated rings. The molecule has 8 heteroatoms. The lowest BCUT2D eigenvalue weighted by Crippen LogP contribution is -2.33. The first-order chi connectivity index (χ1) is 11.0. The first-order valence-corrected chi connectivity index (χ1v) is 8.45. The van der Waals surface area contributed by atoms with E-state index in [9.17, 15) is 13.2 Å². The van der Waals surface area contributed by atoms with Gasteiger partial charge in [0.25, 0.3) is 0 Å². The first-order valence-electron chi connectivity index (χ1n) is 7.57. The van der Waals surface area contributed by atoms with E-state index < -0.39 is 12.7 Å². The number of aromatic nitrogens is 2. The molecule has 1 atom stereocenters. The second-order valence-corrected chi connectivity index (χ2v) is 6.83. The van der Waals surface area contributed by atoms with Gasteiger partial charge in [-0.3, -0.25) is 10.00 Å². The maximum atomic E-state index is 12.4. The molecule has 0 amide bonds. The monoisotopic (exact) mass is 344 g/mol. The fraction of sp³-hybridized carbons (Fsp3) is 0.533. The predicted molar refractivity (Wildman–Crippen MR) is 84.2 cm³/mol. The van der Waals surface area contributed by atoms with Gasteiger partial charge in [-0.15, -0.1) is 11.3 Å². The highest BCUT2D eigenvalue weighted by atomic mass is 32.1. The van der Waals surface area contributed by atoms with Gasteiger partial charge in [0.1, 0.15) is 0 Å². The van der Waals surface area contributed by atoms with Gasteiger partial charge in [0, 0.05) is 18.7 Å². The first kappa shape index (κ1) is 16.5. The molecule has 0 bridgehead atoms. The van der Waals surface area contributed by atoms with E-state index in [0.29, 0.717) is 19.6 Å².